The van der Waals surface area contributed by atoms with Crippen molar-refractivity contribution in [2.45, 2.75) is 26.3 Å². The zero-order valence-electron chi connectivity index (χ0n) is 10.4. The van der Waals surface area contributed by atoms with Crippen molar-refractivity contribution < 1.29 is 27.4 Å². The fourth-order valence-corrected chi connectivity index (χ4v) is 1.48. The van der Waals surface area contributed by atoms with Crippen molar-refractivity contribution in [3.63, 3.8) is 0 Å². The molecule has 0 atom stereocenters. The number of aryl methyl sites for hydroxylation is 1. The molecule has 0 aromatic carbocycles. The van der Waals surface area contributed by atoms with E-state index in [0.717, 1.165) is 13.2 Å². The molecule has 0 saturated carbocycles. The fourth-order valence-electron chi connectivity index (χ4n) is 1.48. The number of aromatic nitrogens is 1. The molecule has 8 heteroatoms. The Hall–Kier alpha value is -1.83. The summed E-state index contributed by atoms with van der Waals surface area (Å²) in [4.78, 5) is 15.2. The molecule has 5 nitrogen and oxygen atoms in total. The number of methoxy groups -OCH3 is 1. The van der Waals surface area contributed by atoms with Crippen LogP contribution < -0.4 is 10.5 Å². The van der Waals surface area contributed by atoms with E-state index in [4.69, 9.17) is 5.73 Å². The van der Waals surface area contributed by atoms with Crippen LogP contribution in [0.25, 0.3) is 0 Å². The molecule has 0 aliphatic carbocycles. The van der Waals surface area contributed by atoms with Gasteiger partial charge in [0.2, 0.25) is 0 Å². The smallest absolute Gasteiger partial charge is 0.469 e. The molecule has 0 radical (unpaired) electrons. The molecule has 1 rings (SSSR count). The van der Waals surface area contributed by atoms with Crippen molar-refractivity contribution in [3.8, 4) is 5.75 Å². The van der Waals surface area contributed by atoms with Crippen molar-refractivity contribution in [1.82, 2.24) is 4.98 Å². The highest BCUT2D eigenvalue weighted by Crippen LogP contribution is 2.29. The number of nitrogens with two attached hydrogens (primary N) is 1. The lowest BCUT2D eigenvalue weighted by atomic mass is 10.1. The second-order valence-electron chi connectivity index (χ2n) is 3.68. The molecule has 0 spiro atoms. The largest absolute Gasteiger partial charge is 0.573 e. The number of ether oxygens (including phenoxy) is 2. The van der Waals surface area contributed by atoms with Crippen molar-refractivity contribution in [3.05, 3.63) is 23.0 Å². The molecular formula is C11H13F3N2O3. The summed E-state index contributed by atoms with van der Waals surface area (Å²) in [5.41, 5.74) is 5.85. The van der Waals surface area contributed by atoms with E-state index in [0.29, 0.717) is 0 Å². The maximum absolute atomic E-state index is 12.3. The van der Waals surface area contributed by atoms with E-state index in [2.05, 4.69) is 14.5 Å². The number of carbonyl (C=O) groups is 1. The van der Waals surface area contributed by atoms with Gasteiger partial charge in [-0.15, -0.1) is 13.2 Å². The van der Waals surface area contributed by atoms with E-state index in [1.54, 1.807) is 0 Å². The summed E-state index contributed by atoms with van der Waals surface area (Å²) in [7, 11) is 1.14. The number of hydrogen-bond donors (Lipinski definition) is 1. The highest BCUT2D eigenvalue weighted by molar-refractivity contribution is 5.73. The molecule has 0 amide bonds. The molecule has 1 aromatic rings. The summed E-state index contributed by atoms with van der Waals surface area (Å²) >= 11 is 0. The second-order valence-corrected chi connectivity index (χ2v) is 3.68. The molecule has 0 saturated heterocycles. The summed E-state index contributed by atoms with van der Waals surface area (Å²) in [6.07, 6.45) is -5.21. The number of nitrogens with zero attached hydrogens (tertiary/aromatic N) is 1. The topological polar surface area (TPSA) is 74.4 Å². The van der Waals surface area contributed by atoms with Gasteiger partial charge in [0.15, 0.2) is 0 Å². The van der Waals surface area contributed by atoms with E-state index in [9.17, 15) is 18.0 Å². The van der Waals surface area contributed by atoms with Crippen LogP contribution in [0.3, 0.4) is 0 Å². The van der Waals surface area contributed by atoms with Gasteiger partial charge in [0, 0.05) is 23.9 Å². The van der Waals surface area contributed by atoms with Gasteiger partial charge >= 0.3 is 12.3 Å². The van der Waals surface area contributed by atoms with Crippen LogP contribution in [0.4, 0.5) is 13.2 Å². The predicted molar refractivity (Wildman–Crippen MR) is 59.3 cm³/mol. The maximum Gasteiger partial charge on any atom is 0.573 e. The minimum Gasteiger partial charge on any atom is -0.469 e. The maximum atomic E-state index is 12.3. The quantitative estimate of drug-likeness (QED) is 0.844. The first-order chi connectivity index (χ1) is 8.76. The number of halogens is 3. The van der Waals surface area contributed by atoms with Crippen LogP contribution in [0.15, 0.2) is 6.07 Å². The Morgan fingerprint density at radius 1 is 1.47 bits per heavy atom. The normalized spacial score (nSPS) is 11.3. The number of rotatable bonds is 4. The molecular weight excluding hydrogens is 265 g/mol. The lowest BCUT2D eigenvalue weighted by Crippen LogP contribution is -2.20. The molecule has 0 fully saturated rings. The summed E-state index contributed by atoms with van der Waals surface area (Å²) in [6.45, 7) is 1.44. The van der Waals surface area contributed by atoms with E-state index in [1.807, 2.05) is 0 Å². The molecule has 0 bridgehead atoms. The monoisotopic (exact) mass is 278 g/mol. The van der Waals surface area contributed by atoms with E-state index in [1.165, 1.54) is 6.92 Å². The van der Waals surface area contributed by atoms with Crippen LogP contribution in [-0.2, 0) is 22.5 Å². The summed E-state index contributed by atoms with van der Waals surface area (Å²) in [5.74, 6) is -1.16. The summed E-state index contributed by atoms with van der Waals surface area (Å²) in [5, 5.41) is 0. The number of hydrogen-bond acceptors (Lipinski definition) is 5. The van der Waals surface area contributed by atoms with Crippen molar-refractivity contribution in [1.29, 1.82) is 0 Å². The van der Waals surface area contributed by atoms with Crippen LogP contribution >= 0.6 is 0 Å². The third-order valence-electron chi connectivity index (χ3n) is 2.33. The first kappa shape index (κ1) is 15.2. The van der Waals surface area contributed by atoms with Gasteiger partial charge in [-0.05, 0) is 6.92 Å². The van der Waals surface area contributed by atoms with Crippen LogP contribution in [0, 0.1) is 6.92 Å². The summed E-state index contributed by atoms with van der Waals surface area (Å²) < 4.78 is 45.3. The lowest BCUT2D eigenvalue weighted by Gasteiger charge is -2.15. The molecule has 19 heavy (non-hydrogen) atoms. The molecule has 2 N–H and O–H groups in total. The highest BCUT2D eigenvalue weighted by atomic mass is 19.4. The van der Waals surface area contributed by atoms with Crippen LogP contribution in [-0.4, -0.2) is 24.4 Å². The van der Waals surface area contributed by atoms with Crippen molar-refractivity contribution in [2.24, 2.45) is 5.73 Å². The molecule has 1 aromatic heterocycles. The van der Waals surface area contributed by atoms with Gasteiger partial charge in [-0.3, -0.25) is 9.78 Å². The third kappa shape index (κ3) is 4.40. The standard InChI is InChI=1S/C11H13F3N2O3/c1-6-8(4-10(17)18-2)9(19-11(12,13)14)3-7(5-15)16-6/h3H,4-5,15H2,1-2H3. The van der Waals surface area contributed by atoms with E-state index < -0.39 is 18.1 Å². The van der Waals surface area contributed by atoms with Gasteiger partial charge in [0.25, 0.3) is 0 Å². The van der Waals surface area contributed by atoms with Gasteiger partial charge in [-0.2, -0.15) is 0 Å². The molecule has 0 aliphatic rings. The highest BCUT2D eigenvalue weighted by Gasteiger charge is 2.33. The zero-order valence-corrected chi connectivity index (χ0v) is 10.4. The predicted octanol–water partition coefficient (Wildman–Crippen LogP) is 1.46. The molecule has 106 valence electrons. The Balaban J connectivity index is 3.21. The number of alkyl halides is 3. The Morgan fingerprint density at radius 3 is 2.58 bits per heavy atom. The average molecular weight is 278 g/mol. The van der Waals surface area contributed by atoms with Crippen LogP contribution in [0.5, 0.6) is 5.75 Å². The van der Waals surface area contributed by atoms with Crippen molar-refractivity contribution in [2.75, 3.05) is 7.11 Å². The molecule has 0 unspecified atom stereocenters. The lowest BCUT2D eigenvalue weighted by molar-refractivity contribution is -0.275. The van der Waals surface area contributed by atoms with Crippen molar-refractivity contribution >= 4 is 5.97 Å². The average Bonchev–Trinajstić information content (AvgIpc) is 2.30. The minimum atomic E-state index is -4.86. The molecule has 0 aliphatic heterocycles. The second kappa shape index (κ2) is 5.87. The van der Waals surface area contributed by atoms with Crippen LogP contribution in [0.1, 0.15) is 17.0 Å². The number of carbonyl (C=O) groups excluding carboxylic acids is 1. The SMILES string of the molecule is COC(=O)Cc1c(OC(F)(F)F)cc(CN)nc1C. The van der Waals surface area contributed by atoms with Crippen LogP contribution in [0.2, 0.25) is 0 Å². The Labute approximate surface area is 107 Å². The van der Waals surface area contributed by atoms with Gasteiger partial charge in [-0.25, -0.2) is 0 Å². The first-order valence-electron chi connectivity index (χ1n) is 5.29. The minimum absolute atomic E-state index is 0.0291. The van der Waals surface area contributed by atoms with Gasteiger partial charge in [0.05, 0.1) is 19.2 Å². The third-order valence-corrected chi connectivity index (χ3v) is 2.33. The number of pyridine rings is 1. The zero-order chi connectivity index (χ0) is 14.6. The van der Waals surface area contributed by atoms with E-state index in [-0.39, 0.29) is 29.9 Å². The Bertz CT molecular complexity index is 475. The van der Waals surface area contributed by atoms with Gasteiger partial charge < -0.3 is 15.2 Å². The Morgan fingerprint density at radius 2 is 2.11 bits per heavy atom. The first-order valence-corrected chi connectivity index (χ1v) is 5.29. The van der Waals surface area contributed by atoms with Gasteiger partial charge in [-0.1, -0.05) is 0 Å². The summed E-state index contributed by atoms with van der Waals surface area (Å²) in [6, 6.07) is 1.07. The Kier molecular flexibility index (Phi) is 4.71. The number of esters is 1. The molecule has 1 heterocycles. The fraction of sp³-hybridized carbons (Fsp3) is 0.455. The van der Waals surface area contributed by atoms with E-state index >= 15 is 0 Å². The van der Waals surface area contributed by atoms with Gasteiger partial charge in [0.1, 0.15) is 5.75 Å².